The Morgan fingerprint density at radius 3 is 2.38 bits per heavy atom. The Labute approximate surface area is 157 Å². The molecule has 2 rings (SSSR count). The van der Waals surface area contributed by atoms with Gasteiger partial charge in [0.25, 0.3) is 0 Å². The number of aliphatic hydroxyl groups is 1. The van der Waals surface area contributed by atoms with Crippen molar-refractivity contribution in [2.75, 3.05) is 18.0 Å². The van der Waals surface area contributed by atoms with Gasteiger partial charge in [0.1, 0.15) is 0 Å². The van der Waals surface area contributed by atoms with Gasteiger partial charge in [0.05, 0.1) is 0 Å². The van der Waals surface area contributed by atoms with Crippen molar-refractivity contribution in [3.8, 4) is 11.8 Å². The van der Waals surface area contributed by atoms with Crippen LogP contribution >= 0.6 is 0 Å². The van der Waals surface area contributed by atoms with Crippen molar-refractivity contribution >= 4 is 11.7 Å². The number of hydrogen-bond acceptors (Lipinski definition) is 3. The highest BCUT2D eigenvalue weighted by atomic mass is 16.4. The molecule has 0 amide bonds. The Bertz CT molecular complexity index is 676. The van der Waals surface area contributed by atoms with E-state index in [2.05, 4.69) is 36.7 Å². The number of nitrogens with zero attached hydrogens (tertiary/aromatic N) is 1. The van der Waals surface area contributed by atoms with Crippen molar-refractivity contribution in [3.63, 3.8) is 0 Å². The molecule has 1 fully saturated rings. The average Bonchev–Trinajstić information content (AvgIpc) is 2.67. The summed E-state index contributed by atoms with van der Waals surface area (Å²) < 4.78 is 0. The summed E-state index contributed by atoms with van der Waals surface area (Å²) in [6.45, 7) is 8.04. The van der Waals surface area contributed by atoms with E-state index >= 15 is 0 Å². The minimum absolute atomic E-state index is 0.686. The Morgan fingerprint density at radius 1 is 1.19 bits per heavy atom. The van der Waals surface area contributed by atoms with Gasteiger partial charge < -0.3 is 15.1 Å². The summed E-state index contributed by atoms with van der Waals surface area (Å²) in [4.78, 5) is 13.9. The van der Waals surface area contributed by atoms with Gasteiger partial charge in [-0.15, -0.1) is 0 Å². The molecular formula is C22H31NO3. The van der Waals surface area contributed by atoms with Gasteiger partial charge in [0.2, 0.25) is 0 Å². The molecule has 4 nitrogen and oxygen atoms in total. The largest absolute Gasteiger partial charge is 0.479 e. The fourth-order valence-corrected chi connectivity index (χ4v) is 4.15. The van der Waals surface area contributed by atoms with E-state index in [-0.39, 0.29) is 0 Å². The van der Waals surface area contributed by atoms with Crippen LogP contribution in [0.3, 0.4) is 0 Å². The first-order valence-corrected chi connectivity index (χ1v) is 9.79. The molecule has 1 unspecified atom stereocenters. The van der Waals surface area contributed by atoms with Gasteiger partial charge in [0.15, 0.2) is 6.10 Å². The third-order valence-electron chi connectivity index (χ3n) is 5.57. The summed E-state index contributed by atoms with van der Waals surface area (Å²) in [6, 6.07) is 6.12. The zero-order chi connectivity index (χ0) is 19.2. The number of carboxylic acids is 1. The van der Waals surface area contributed by atoms with Crippen LogP contribution in [0.1, 0.15) is 70.4 Å². The molecule has 1 atom stereocenters. The molecule has 0 bridgehead atoms. The highest BCUT2D eigenvalue weighted by Gasteiger charge is 2.45. The van der Waals surface area contributed by atoms with E-state index in [1.807, 2.05) is 19.1 Å². The van der Waals surface area contributed by atoms with Gasteiger partial charge in [-0.3, -0.25) is 0 Å². The van der Waals surface area contributed by atoms with Gasteiger partial charge in [-0.1, -0.05) is 44.1 Å². The predicted molar refractivity (Wildman–Crippen MR) is 106 cm³/mol. The van der Waals surface area contributed by atoms with Crippen molar-refractivity contribution in [1.82, 2.24) is 0 Å². The average molecular weight is 357 g/mol. The lowest BCUT2D eigenvalue weighted by molar-refractivity contribution is -0.152. The van der Waals surface area contributed by atoms with Gasteiger partial charge in [-0.25, -0.2) is 4.79 Å². The first-order chi connectivity index (χ1) is 12.5. The van der Waals surface area contributed by atoms with Crippen LogP contribution in [0.25, 0.3) is 0 Å². The Hall–Kier alpha value is -1.99. The quantitative estimate of drug-likeness (QED) is 0.757. The summed E-state index contributed by atoms with van der Waals surface area (Å²) in [5, 5.41) is 20.2. The van der Waals surface area contributed by atoms with Gasteiger partial charge in [-0.05, 0) is 44.4 Å². The van der Waals surface area contributed by atoms with Crippen LogP contribution < -0.4 is 4.90 Å². The zero-order valence-electron chi connectivity index (χ0n) is 16.2. The second kappa shape index (κ2) is 9.09. The summed E-state index contributed by atoms with van der Waals surface area (Å²) >= 11 is 0. The van der Waals surface area contributed by atoms with Crippen molar-refractivity contribution in [3.05, 3.63) is 29.3 Å². The smallest absolute Gasteiger partial charge is 0.333 e. The number of anilines is 1. The number of carbonyl (C=O) groups is 1. The molecule has 26 heavy (non-hydrogen) atoms. The second-order valence-corrected chi connectivity index (χ2v) is 7.02. The highest BCUT2D eigenvalue weighted by Crippen LogP contribution is 2.44. The van der Waals surface area contributed by atoms with Crippen LogP contribution in [0, 0.1) is 11.8 Å². The van der Waals surface area contributed by atoms with Crippen molar-refractivity contribution in [1.29, 1.82) is 0 Å². The first kappa shape index (κ1) is 20.3. The summed E-state index contributed by atoms with van der Waals surface area (Å²) in [5.74, 6) is 5.23. The van der Waals surface area contributed by atoms with E-state index in [1.165, 1.54) is 0 Å². The van der Waals surface area contributed by atoms with Gasteiger partial charge >= 0.3 is 5.97 Å². The fourth-order valence-electron chi connectivity index (χ4n) is 4.15. The van der Waals surface area contributed by atoms with Crippen molar-refractivity contribution in [2.45, 2.75) is 70.8 Å². The summed E-state index contributed by atoms with van der Waals surface area (Å²) in [6.07, 6.45) is 3.67. The second-order valence-electron chi connectivity index (χ2n) is 7.02. The number of aliphatic hydroxyl groups excluding tert-OH is 1. The Balaban J connectivity index is 2.61. The number of rotatable bonds is 6. The van der Waals surface area contributed by atoms with Crippen LogP contribution in [0.2, 0.25) is 0 Å². The topological polar surface area (TPSA) is 60.8 Å². The normalized spacial score (nSPS) is 17.1. The number of aliphatic carboxylic acids is 1. The maximum absolute atomic E-state index is 11.7. The fraction of sp³-hybridized carbons (Fsp3) is 0.591. The Kier molecular flexibility index (Phi) is 7.11. The van der Waals surface area contributed by atoms with E-state index in [9.17, 15) is 15.0 Å². The van der Waals surface area contributed by atoms with Crippen LogP contribution in [-0.4, -0.2) is 35.4 Å². The van der Waals surface area contributed by atoms with Crippen LogP contribution in [0.4, 0.5) is 5.69 Å². The molecule has 0 saturated heterocycles. The monoisotopic (exact) mass is 357 g/mol. The lowest BCUT2D eigenvalue weighted by Gasteiger charge is -2.40. The van der Waals surface area contributed by atoms with Crippen LogP contribution in [0.15, 0.2) is 18.2 Å². The van der Waals surface area contributed by atoms with E-state index in [0.717, 1.165) is 55.6 Å². The van der Waals surface area contributed by atoms with Crippen molar-refractivity contribution < 1.29 is 15.0 Å². The van der Waals surface area contributed by atoms with Crippen LogP contribution in [0.5, 0.6) is 0 Å². The molecule has 1 saturated carbocycles. The highest BCUT2D eigenvalue weighted by molar-refractivity contribution is 5.75. The lowest BCUT2D eigenvalue weighted by atomic mass is 9.64. The third kappa shape index (κ3) is 4.04. The van der Waals surface area contributed by atoms with Gasteiger partial charge in [-0.2, -0.15) is 0 Å². The molecule has 1 aliphatic carbocycles. The number of benzene rings is 1. The molecule has 142 valence electrons. The van der Waals surface area contributed by atoms with Crippen molar-refractivity contribution in [2.24, 2.45) is 0 Å². The molecule has 1 aromatic rings. The predicted octanol–water partition coefficient (Wildman–Crippen LogP) is 3.94. The van der Waals surface area contributed by atoms with E-state index in [1.54, 1.807) is 0 Å². The lowest BCUT2D eigenvalue weighted by Crippen LogP contribution is -2.46. The molecule has 0 radical (unpaired) electrons. The molecule has 2 N–H and O–H groups in total. The molecule has 0 aromatic heterocycles. The standard InChI is InChI=1S/C22H31NO3/c1-4-7-11-17-16-18(23(5-2)6-3)12-13-19(17)22(20(24)21(25)26)14-9-8-10-15-22/h12-13,16,20,24H,4-6,8-10,14-15H2,1-3H3,(H,25,26). The van der Waals surface area contributed by atoms with E-state index in [4.69, 9.17) is 0 Å². The molecular weight excluding hydrogens is 326 g/mol. The molecule has 0 spiro atoms. The SMILES string of the molecule is CCC#Cc1cc(N(CC)CC)ccc1C1(C(O)C(=O)O)CCCCC1. The summed E-state index contributed by atoms with van der Waals surface area (Å²) in [7, 11) is 0. The maximum Gasteiger partial charge on any atom is 0.333 e. The Morgan fingerprint density at radius 2 is 1.85 bits per heavy atom. The first-order valence-electron chi connectivity index (χ1n) is 9.79. The van der Waals surface area contributed by atoms with Gasteiger partial charge in [0, 0.05) is 36.2 Å². The minimum Gasteiger partial charge on any atom is -0.479 e. The maximum atomic E-state index is 11.7. The summed E-state index contributed by atoms with van der Waals surface area (Å²) in [5.41, 5.74) is 2.10. The van der Waals surface area contributed by atoms with Crippen LogP contribution in [-0.2, 0) is 10.2 Å². The zero-order valence-corrected chi connectivity index (χ0v) is 16.2. The molecule has 0 heterocycles. The molecule has 1 aliphatic rings. The molecule has 1 aromatic carbocycles. The molecule has 4 heteroatoms. The van der Waals surface area contributed by atoms with E-state index in [0.29, 0.717) is 12.8 Å². The van der Waals surface area contributed by atoms with E-state index < -0.39 is 17.5 Å². The molecule has 0 aliphatic heterocycles. The third-order valence-corrected chi connectivity index (χ3v) is 5.57. The minimum atomic E-state index is -1.40. The number of hydrogen-bond donors (Lipinski definition) is 2. The number of carboxylic acid groups (broad SMARTS) is 1.